The van der Waals surface area contributed by atoms with Crippen LogP contribution in [0.4, 0.5) is 0 Å². The highest BCUT2D eigenvalue weighted by Crippen LogP contribution is 2.29. The minimum Gasteiger partial charge on any atom is -0.370 e. The molecule has 1 N–H and O–H groups in total. The van der Waals surface area contributed by atoms with Crippen molar-refractivity contribution in [3.05, 3.63) is 12.2 Å². The van der Waals surface area contributed by atoms with E-state index < -0.39 is 0 Å². The van der Waals surface area contributed by atoms with Crippen LogP contribution in [0.5, 0.6) is 0 Å². The monoisotopic (exact) mass is 238 g/mol. The van der Waals surface area contributed by atoms with Crippen molar-refractivity contribution < 1.29 is 4.74 Å². The predicted molar refractivity (Wildman–Crippen MR) is 65.6 cm³/mol. The molecular weight excluding hydrogens is 216 g/mol. The molecule has 5 nitrogen and oxygen atoms in total. The van der Waals surface area contributed by atoms with Gasteiger partial charge in [-0.2, -0.15) is 5.10 Å². The van der Waals surface area contributed by atoms with Crippen molar-refractivity contribution in [2.75, 3.05) is 13.6 Å². The van der Waals surface area contributed by atoms with E-state index >= 15 is 0 Å². The first kappa shape index (κ1) is 12.5. The van der Waals surface area contributed by atoms with Gasteiger partial charge in [0.05, 0.1) is 6.10 Å². The maximum Gasteiger partial charge on any atom is 0.153 e. The van der Waals surface area contributed by atoms with Gasteiger partial charge in [-0.05, 0) is 46.2 Å². The summed E-state index contributed by atoms with van der Waals surface area (Å²) in [4.78, 5) is 4.24. The molecule has 1 saturated carbocycles. The summed E-state index contributed by atoms with van der Waals surface area (Å²) in [5.74, 6) is 1.71. The Morgan fingerprint density at radius 2 is 2.29 bits per heavy atom. The molecule has 1 aliphatic rings. The second kappa shape index (κ2) is 5.60. The number of hydrogen-bond acceptors (Lipinski definition) is 4. The molecular formula is C12H22N4O. The SMILES string of the molecule is CNCC1CC(OCc2ncnn2C(C)C)C1. The topological polar surface area (TPSA) is 52.0 Å². The minimum atomic E-state index is 0.342. The molecule has 5 heteroatoms. The van der Waals surface area contributed by atoms with Crippen molar-refractivity contribution in [2.24, 2.45) is 5.92 Å². The average molecular weight is 238 g/mol. The number of nitrogens with zero attached hydrogens (tertiary/aromatic N) is 3. The summed E-state index contributed by atoms with van der Waals surface area (Å²) >= 11 is 0. The maximum atomic E-state index is 5.84. The van der Waals surface area contributed by atoms with Crippen LogP contribution >= 0.6 is 0 Å². The number of nitrogens with one attached hydrogen (secondary N) is 1. The number of aromatic nitrogens is 3. The molecule has 17 heavy (non-hydrogen) atoms. The standard InChI is InChI=1S/C12H22N4O/c1-9(2)16-12(14-8-15-16)7-17-11-4-10(5-11)6-13-3/h8-11,13H,4-7H2,1-3H3. The maximum absolute atomic E-state index is 5.84. The molecule has 0 aliphatic heterocycles. The van der Waals surface area contributed by atoms with Crippen LogP contribution in [-0.4, -0.2) is 34.5 Å². The van der Waals surface area contributed by atoms with E-state index in [0.29, 0.717) is 18.8 Å². The Hall–Kier alpha value is -0.940. The number of rotatable bonds is 6. The van der Waals surface area contributed by atoms with E-state index in [1.807, 2.05) is 11.7 Å². The van der Waals surface area contributed by atoms with Crippen molar-refractivity contribution in [3.63, 3.8) is 0 Å². The molecule has 1 aromatic rings. The van der Waals surface area contributed by atoms with Crippen molar-refractivity contribution in [3.8, 4) is 0 Å². The zero-order chi connectivity index (χ0) is 12.3. The van der Waals surface area contributed by atoms with Gasteiger partial charge in [0, 0.05) is 6.04 Å². The van der Waals surface area contributed by atoms with Crippen molar-refractivity contribution in [1.29, 1.82) is 0 Å². The van der Waals surface area contributed by atoms with Crippen LogP contribution in [0.15, 0.2) is 6.33 Å². The fraction of sp³-hybridized carbons (Fsp3) is 0.833. The predicted octanol–water partition coefficient (Wildman–Crippen LogP) is 1.37. The Morgan fingerprint density at radius 1 is 1.53 bits per heavy atom. The molecule has 0 amide bonds. The third-order valence-corrected chi connectivity index (χ3v) is 3.27. The fourth-order valence-electron chi connectivity index (χ4n) is 2.27. The first-order valence-corrected chi connectivity index (χ1v) is 6.35. The molecule has 1 fully saturated rings. The van der Waals surface area contributed by atoms with Crippen molar-refractivity contribution in [1.82, 2.24) is 20.1 Å². The van der Waals surface area contributed by atoms with Gasteiger partial charge in [0.25, 0.3) is 0 Å². The second-order valence-corrected chi connectivity index (χ2v) is 5.04. The number of hydrogen-bond donors (Lipinski definition) is 1. The van der Waals surface area contributed by atoms with Crippen LogP contribution in [-0.2, 0) is 11.3 Å². The summed E-state index contributed by atoms with van der Waals surface area (Å²) < 4.78 is 7.76. The van der Waals surface area contributed by atoms with Crippen molar-refractivity contribution >= 4 is 0 Å². The highest BCUT2D eigenvalue weighted by Gasteiger charge is 2.29. The van der Waals surface area contributed by atoms with Gasteiger partial charge in [-0.3, -0.25) is 0 Å². The summed E-state index contributed by atoms with van der Waals surface area (Å²) in [6.45, 7) is 5.88. The molecule has 0 atom stereocenters. The zero-order valence-corrected chi connectivity index (χ0v) is 10.9. The quantitative estimate of drug-likeness (QED) is 0.813. The largest absolute Gasteiger partial charge is 0.370 e. The summed E-state index contributed by atoms with van der Waals surface area (Å²) in [5, 5.41) is 7.40. The molecule has 1 aliphatic carbocycles. The fourth-order valence-corrected chi connectivity index (χ4v) is 2.27. The van der Waals surface area contributed by atoms with Crippen LogP contribution in [0, 0.1) is 5.92 Å². The van der Waals surface area contributed by atoms with E-state index in [9.17, 15) is 0 Å². The lowest BCUT2D eigenvalue weighted by Gasteiger charge is -2.34. The molecule has 1 aromatic heterocycles. The minimum absolute atomic E-state index is 0.342. The molecule has 0 saturated heterocycles. The lowest BCUT2D eigenvalue weighted by Crippen LogP contribution is -2.37. The average Bonchev–Trinajstić information content (AvgIpc) is 2.69. The Morgan fingerprint density at radius 3 is 2.94 bits per heavy atom. The first-order valence-electron chi connectivity index (χ1n) is 6.35. The number of ether oxygens (including phenoxy) is 1. The summed E-state index contributed by atoms with van der Waals surface area (Å²) in [6, 6.07) is 0.342. The van der Waals surface area contributed by atoms with Gasteiger partial charge in [-0.1, -0.05) is 0 Å². The van der Waals surface area contributed by atoms with Crippen LogP contribution in [0.25, 0.3) is 0 Å². The normalized spacial score (nSPS) is 24.0. The van der Waals surface area contributed by atoms with Gasteiger partial charge in [-0.25, -0.2) is 9.67 Å². The van der Waals surface area contributed by atoms with Gasteiger partial charge in [-0.15, -0.1) is 0 Å². The van der Waals surface area contributed by atoms with Gasteiger partial charge in [0.1, 0.15) is 12.9 Å². The van der Waals surface area contributed by atoms with Gasteiger partial charge in [0.15, 0.2) is 5.82 Å². The third-order valence-electron chi connectivity index (χ3n) is 3.27. The second-order valence-electron chi connectivity index (χ2n) is 5.04. The third kappa shape index (κ3) is 3.04. The molecule has 2 rings (SSSR count). The Bertz CT molecular complexity index is 344. The smallest absolute Gasteiger partial charge is 0.153 e. The van der Waals surface area contributed by atoms with Crippen molar-refractivity contribution in [2.45, 2.75) is 45.4 Å². The zero-order valence-electron chi connectivity index (χ0n) is 10.9. The van der Waals surface area contributed by atoms with E-state index in [4.69, 9.17) is 4.74 Å². The molecule has 0 spiro atoms. The van der Waals surface area contributed by atoms with Crippen LogP contribution < -0.4 is 5.32 Å². The van der Waals surface area contributed by atoms with E-state index in [-0.39, 0.29) is 0 Å². The molecule has 0 aromatic carbocycles. The van der Waals surface area contributed by atoms with Gasteiger partial charge < -0.3 is 10.1 Å². The highest BCUT2D eigenvalue weighted by atomic mass is 16.5. The highest BCUT2D eigenvalue weighted by molar-refractivity contribution is 4.86. The summed E-state index contributed by atoms with van der Waals surface area (Å²) in [7, 11) is 2.00. The molecule has 0 bridgehead atoms. The summed E-state index contributed by atoms with van der Waals surface area (Å²) in [5.41, 5.74) is 0. The van der Waals surface area contributed by atoms with E-state index in [1.165, 1.54) is 0 Å². The van der Waals surface area contributed by atoms with E-state index in [2.05, 4.69) is 29.2 Å². The Labute approximate surface area is 103 Å². The molecule has 96 valence electrons. The first-order chi connectivity index (χ1) is 8.20. The molecule has 1 heterocycles. The van der Waals surface area contributed by atoms with Crippen LogP contribution in [0.2, 0.25) is 0 Å². The van der Waals surface area contributed by atoms with Crippen LogP contribution in [0.3, 0.4) is 0 Å². The van der Waals surface area contributed by atoms with Gasteiger partial charge in [0.2, 0.25) is 0 Å². The molecule has 0 unspecified atom stereocenters. The Kier molecular flexibility index (Phi) is 4.12. The summed E-state index contributed by atoms with van der Waals surface area (Å²) in [6.07, 6.45) is 4.34. The molecule has 0 radical (unpaired) electrons. The van der Waals surface area contributed by atoms with Gasteiger partial charge >= 0.3 is 0 Å². The van der Waals surface area contributed by atoms with E-state index in [1.54, 1.807) is 6.33 Å². The lowest BCUT2D eigenvalue weighted by atomic mass is 9.82. The Balaban J connectivity index is 1.74. The lowest BCUT2D eigenvalue weighted by molar-refractivity contribution is -0.0428. The van der Waals surface area contributed by atoms with E-state index in [0.717, 1.165) is 31.1 Å². The van der Waals surface area contributed by atoms with Crippen LogP contribution in [0.1, 0.15) is 38.6 Å².